The molecule has 0 spiro atoms. The van der Waals surface area contributed by atoms with Crippen LogP contribution in [0.2, 0.25) is 0 Å². The maximum absolute atomic E-state index is 12.5. The summed E-state index contributed by atoms with van der Waals surface area (Å²) in [6.07, 6.45) is 5.22. The van der Waals surface area contributed by atoms with Crippen LogP contribution < -0.4 is 20.1 Å². The van der Waals surface area contributed by atoms with E-state index < -0.39 is 16.7 Å². The first kappa shape index (κ1) is 23.4. The molecular weight excluding hydrogens is 472 g/mol. The molecule has 4 heterocycles. The lowest BCUT2D eigenvalue weighted by Gasteiger charge is -2.23. The van der Waals surface area contributed by atoms with E-state index >= 15 is 0 Å². The largest absolute Gasteiger partial charge is 0.436 e. The topological polar surface area (TPSA) is 114 Å². The number of nitrogens with one attached hydrogen (secondary N) is 3. The molecule has 2 atom stereocenters. The van der Waals surface area contributed by atoms with Crippen LogP contribution in [0.1, 0.15) is 23.4 Å². The molecule has 0 saturated carbocycles. The van der Waals surface area contributed by atoms with Crippen molar-refractivity contribution in [1.82, 2.24) is 25.3 Å². The van der Waals surface area contributed by atoms with Crippen molar-refractivity contribution in [3.05, 3.63) is 35.1 Å². The zero-order valence-corrected chi connectivity index (χ0v) is 19.6. The van der Waals surface area contributed by atoms with Gasteiger partial charge in [-0.1, -0.05) is 0 Å². The number of aryl methyl sites for hydroxylation is 2. The average molecular weight is 496 g/mol. The molecule has 33 heavy (non-hydrogen) atoms. The minimum Gasteiger partial charge on any atom is -0.436 e. The summed E-state index contributed by atoms with van der Waals surface area (Å²) >= 11 is 1.44. The van der Waals surface area contributed by atoms with Crippen LogP contribution >= 0.6 is 11.3 Å². The van der Waals surface area contributed by atoms with Gasteiger partial charge in [0.1, 0.15) is 10.7 Å². The first-order valence-electron chi connectivity index (χ1n) is 10.3. The fourth-order valence-electron chi connectivity index (χ4n) is 3.31. The van der Waals surface area contributed by atoms with E-state index in [-0.39, 0.29) is 11.9 Å². The summed E-state index contributed by atoms with van der Waals surface area (Å²) in [7, 11) is -2.53. The lowest BCUT2D eigenvalue weighted by Crippen LogP contribution is -2.38. The highest BCUT2D eigenvalue weighted by atomic mass is 32.2. The Labute approximate surface area is 196 Å². The van der Waals surface area contributed by atoms with E-state index in [1.54, 1.807) is 19.2 Å². The van der Waals surface area contributed by atoms with Crippen LogP contribution in [0.15, 0.2) is 24.5 Å². The smallest absolute Gasteiger partial charge is 0.330 e. The molecule has 4 rings (SSSR count). The van der Waals surface area contributed by atoms with Crippen LogP contribution in [-0.4, -0.2) is 49.0 Å². The third kappa shape index (κ3) is 5.97. The van der Waals surface area contributed by atoms with Gasteiger partial charge in [0.2, 0.25) is 11.8 Å². The Hall–Kier alpha value is -2.77. The highest BCUT2D eigenvalue weighted by molar-refractivity contribution is 7.86. The normalized spacial score (nSPS) is 17.1. The summed E-state index contributed by atoms with van der Waals surface area (Å²) < 4.78 is 44.5. The Bertz CT molecular complexity index is 1140. The van der Waals surface area contributed by atoms with Crippen molar-refractivity contribution in [1.29, 1.82) is 0 Å². The number of rotatable bonds is 8. The van der Waals surface area contributed by atoms with E-state index in [1.807, 2.05) is 6.92 Å². The van der Waals surface area contributed by atoms with Crippen molar-refractivity contribution in [3.63, 3.8) is 0 Å². The van der Waals surface area contributed by atoms with Crippen molar-refractivity contribution in [2.24, 2.45) is 0 Å². The number of aromatic nitrogens is 4. The van der Waals surface area contributed by atoms with Gasteiger partial charge in [-0.25, -0.2) is 24.1 Å². The van der Waals surface area contributed by atoms with E-state index in [1.165, 1.54) is 23.6 Å². The fourth-order valence-corrected chi connectivity index (χ4v) is 4.53. The first-order valence-corrected chi connectivity index (χ1v) is 12.3. The van der Waals surface area contributed by atoms with E-state index in [2.05, 4.69) is 35.3 Å². The Morgan fingerprint density at radius 1 is 1.30 bits per heavy atom. The molecule has 1 aliphatic rings. The predicted molar refractivity (Wildman–Crippen MR) is 124 cm³/mol. The maximum atomic E-state index is 12.5. The molecule has 3 N–H and O–H groups in total. The minimum absolute atomic E-state index is 0.0666. The van der Waals surface area contributed by atoms with Crippen molar-refractivity contribution in [2.45, 2.75) is 38.5 Å². The molecule has 2 unspecified atom stereocenters. The van der Waals surface area contributed by atoms with Gasteiger partial charge in [-0.15, -0.1) is 11.3 Å². The van der Waals surface area contributed by atoms with Crippen LogP contribution in [0.4, 0.5) is 20.5 Å². The van der Waals surface area contributed by atoms with Crippen LogP contribution in [0.5, 0.6) is 11.6 Å². The molecular formula is C20H23F2N7O2S2. The molecule has 0 amide bonds. The standard InChI is InChI=1S/C20H23F2N7O2S2/c1-11-8-16(29-33(30)19(21)22)25-10-15(11)31-18-17(32-12(2)26-18)14-5-7-24-20(28-14)27-13-4-3-6-23-9-13/h5,7-8,10,13,19,23H,3-4,6,9H2,1-2H3,(H,25,29)(H,24,27,28). The summed E-state index contributed by atoms with van der Waals surface area (Å²) in [5.74, 6) is -1.64. The van der Waals surface area contributed by atoms with Crippen molar-refractivity contribution in [2.75, 3.05) is 23.1 Å². The number of thiazole rings is 1. The monoisotopic (exact) mass is 495 g/mol. The molecule has 1 aliphatic heterocycles. The maximum Gasteiger partial charge on any atom is 0.330 e. The minimum atomic E-state index is -3.01. The Balaban J connectivity index is 1.53. The van der Waals surface area contributed by atoms with Gasteiger partial charge in [0, 0.05) is 18.8 Å². The number of nitrogens with zero attached hydrogens (tertiary/aromatic N) is 4. The summed E-state index contributed by atoms with van der Waals surface area (Å²) in [6, 6.07) is 3.55. The second-order valence-electron chi connectivity index (χ2n) is 7.42. The number of anilines is 2. The third-order valence-electron chi connectivity index (χ3n) is 4.86. The number of hydrogen-bond acceptors (Lipinski definition) is 9. The zero-order chi connectivity index (χ0) is 23.4. The molecule has 9 nitrogen and oxygen atoms in total. The van der Waals surface area contributed by atoms with Crippen molar-refractivity contribution < 1.29 is 17.7 Å². The predicted octanol–water partition coefficient (Wildman–Crippen LogP) is 3.87. The molecule has 3 aromatic heterocycles. The average Bonchev–Trinajstić information content (AvgIpc) is 3.16. The van der Waals surface area contributed by atoms with Crippen LogP contribution in [0, 0.1) is 13.8 Å². The van der Waals surface area contributed by atoms with Crippen LogP contribution in [0.3, 0.4) is 0 Å². The SMILES string of the molecule is Cc1nc(Oc2cnc(NS(=O)C(F)F)cc2C)c(-c2ccnc(NC3CCCNC3)n2)s1. The van der Waals surface area contributed by atoms with Crippen LogP contribution in [0.25, 0.3) is 10.6 Å². The van der Waals surface area contributed by atoms with E-state index in [0.717, 1.165) is 35.8 Å². The Morgan fingerprint density at radius 2 is 2.15 bits per heavy atom. The van der Waals surface area contributed by atoms with Gasteiger partial charge < -0.3 is 15.4 Å². The number of hydrogen-bond donors (Lipinski definition) is 3. The van der Waals surface area contributed by atoms with E-state index in [9.17, 15) is 13.0 Å². The summed E-state index contributed by atoms with van der Waals surface area (Å²) in [5, 5.41) is 7.52. The van der Waals surface area contributed by atoms with Gasteiger partial charge in [-0.05, 0) is 50.9 Å². The number of ether oxygens (including phenoxy) is 1. The Morgan fingerprint density at radius 3 is 2.88 bits per heavy atom. The van der Waals surface area contributed by atoms with Gasteiger partial charge in [0.05, 0.1) is 16.9 Å². The van der Waals surface area contributed by atoms with Crippen LogP contribution in [-0.2, 0) is 11.0 Å². The van der Waals surface area contributed by atoms with Crippen molar-refractivity contribution in [3.8, 4) is 22.2 Å². The molecule has 13 heteroatoms. The second kappa shape index (κ2) is 10.4. The third-order valence-corrected chi connectivity index (χ3v) is 6.57. The van der Waals surface area contributed by atoms with Crippen molar-refractivity contribution >= 4 is 34.1 Å². The molecule has 0 bridgehead atoms. The molecule has 1 fully saturated rings. The summed E-state index contributed by atoms with van der Waals surface area (Å²) in [4.78, 5) is 18.2. The number of alkyl halides is 2. The molecule has 176 valence electrons. The highest BCUT2D eigenvalue weighted by Crippen LogP contribution is 2.38. The quantitative estimate of drug-likeness (QED) is 0.432. The van der Waals surface area contributed by atoms with Gasteiger partial charge in [0.25, 0.3) is 0 Å². The molecule has 1 saturated heterocycles. The molecule has 0 aromatic carbocycles. The number of pyridine rings is 1. The lowest BCUT2D eigenvalue weighted by molar-refractivity contribution is 0.244. The lowest BCUT2D eigenvalue weighted by atomic mass is 10.1. The van der Waals surface area contributed by atoms with Gasteiger partial charge in [-0.3, -0.25) is 4.72 Å². The van der Waals surface area contributed by atoms with E-state index in [4.69, 9.17) is 4.74 Å². The summed E-state index contributed by atoms with van der Waals surface area (Å²) in [5.41, 5.74) is 1.29. The van der Waals surface area contributed by atoms with E-state index in [0.29, 0.717) is 28.8 Å². The molecule has 0 aliphatic carbocycles. The Kier molecular flexibility index (Phi) is 7.40. The highest BCUT2D eigenvalue weighted by Gasteiger charge is 2.19. The molecule has 0 radical (unpaired) electrons. The number of halogens is 2. The number of piperidine rings is 1. The second-order valence-corrected chi connectivity index (χ2v) is 9.78. The summed E-state index contributed by atoms with van der Waals surface area (Å²) in [6.45, 7) is 5.49. The van der Waals surface area contributed by atoms with Gasteiger partial charge in [0.15, 0.2) is 16.7 Å². The zero-order valence-electron chi connectivity index (χ0n) is 18.0. The molecule has 3 aromatic rings. The fraction of sp³-hybridized carbons (Fsp3) is 0.400. The van der Waals surface area contributed by atoms with Gasteiger partial charge >= 0.3 is 5.76 Å². The first-order chi connectivity index (χ1) is 15.9. The van der Waals surface area contributed by atoms with Gasteiger partial charge in [-0.2, -0.15) is 8.78 Å².